The Bertz CT molecular complexity index is 575. The molecule has 0 bridgehead atoms. The van der Waals surface area contributed by atoms with Gasteiger partial charge < -0.3 is 10.8 Å². The average Bonchev–Trinajstić information content (AvgIpc) is 2.70. The number of anilines is 1. The van der Waals surface area contributed by atoms with Crippen LogP contribution in [0.1, 0.15) is 43.9 Å². The van der Waals surface area contributed by atoms with Gasteiger partial charge in [-0.15, -0.1) is 0 Å². The summed E-state index contributed by atoms with van der Waals surface area (Å²) in [4.78, 5) is 0. The molecule has 0 saturated carbocycles. The fourth-order valence-corrected chi connectivity index (χ4v) is 2.35. The summed E-state index contributed by atoms with van der Waals surface area (Å²) in [7, 11) is 0. The maximum Gasteiger partial charge on any atom is 0.121 e. The summed E-state index contributed by atoms with van der Waals surface area (Å²) < 4.78 is 1.74. The Morgan fingerprint density at radius 3 is 2.68 bits per heavy atom. The van der Waals surface area contributed by atoms with Crippen LogP contribution in [0.3, 0.4) is 0 Å². The van der Waals surface area contributed by atoms with Gasteiger partial charge in [-0.05, 0) is 30.9 Å². The molecule has 4 nitrogen and oxygen atoms in total. The summed E-state index contributed by atoms with van der Waals surface area (Å²) in [5, 5.41) is 14.4. The number of phenolic OH excluding ortho intramolecular Hbond substituents is 1. The molecule has 1 aromatic heterocycles. The van der Waals surface area contributed by atoms with E-state index in [1.807, 2.05) is 19.1 Å². The zero-order valence-electron chi connectivity index (χ0n) is 11.7. The van der Waals surface area contributed by atoms with Gasteiger partial charge in [0.25, 0.3) is 0 Å². The van der Waals surface area contributed by atoms with Crippen LogP contribution >= 0.6 is 0 Å². The predicted molar refractivity (Wildman–Crippen MR) is 77.7 cm³/mol. The van der Waals surface area contributed by atoms with Gasteiger partial charge >= 0.3 is 0 Å². The fourth-order valence-electron chi connectivity index (χ4n) is 2.35. The quantitative estimate of drug-likeness (QED) is 0.884. The number of hydrogen-bond acceptors (Lipinski definition) is 3. The Kier molecular flexibility index (Phi) is 3.79. The molecule has 19 heavy (non-hydrogen) atoms. The van der Waals surface area contributed by atoms with Crippen LogP contribution in [-0.2, 0) is 0 Å². The first-order chi connectivity index (χ1) is 9.04. The Morgan fingerprint density at radius 1 is 1.42 bits per heavy atom. The van der Waals surface area contributed by atoms with Gasteiger partial charge in [0.1, 0.15) is 5.75 Å². The van der Waals surface area contributed by atoms with E-state index in [1.54, 1.807) is 16.9 Å². The fraction of sp³-hybridized carbons (Fsp3) is 0.400. The minimum Gasteiger partial charge on any atom is -0.508 e. The van der Waals surface area contributed by atoms with Crippen molar-refractivity contribution < 1.29 is 5.11 Å². The lowest BCUT2D eigenvalue weighted by Gasteiger charge is -2.14. The van der Waals surface area contributed by atoms with Crippen LogP contribution in [0.25, 0.3) is 5.69 Å². The van der Waals surface area contributed by atoms with E-state index in [2.05, 4.69) is 18.9 Å². The second kappa shape index (κ2) is 5.34. The van der Waals surface area contributed by atoms with Crippen LogP contribution in [-0.4, -0.2) is 14.9 Å². The van der Waals surface area contributed by atoms with Gasteiger partial charge in [0.15, 0.2) is 0 Å². The third-order valence-electron chi connectivity index (χ3n) is 3.56. The Hall–Kier alpha value is -1.97. The molecule has 0 radical (unpaired) electrons. The van der Waals surface area contributed by atoms with Gasteiger partial charge in [-0.1, -0.05) is 26.3 Å². The number of rotatable bonds is 4. The molecule has 0 spiro atoms. The summed E-state index contributed by atoms with van der Waals surface area (Å²) in [6.07, 6.45) is 3.80. The first-order valence-corrected chi connectivity index (χ1v) is 6.68. The molecule has 0 saturated heterocycles. The molecule has 0 fully saturated rings. The molecule has 2 aromatic rings. The van der Waals surface area contributed by atoms with Crippen LogP contribution in [0.5, 0.6) is 5.75 Å². The van der Waals surface area contributed by atoms with E-state index in [1.165, 1.54) is 0 Å². The summed E-state index contributed by atoms with van der Waals surface area (Å²) in [5.74, 6) is 0.690. The minimum absolute atomic E-state index is 0.326. The molecule has 1 unspecified atom stereocenters. The number of aromatic nitrogens is 2. The lowest BCUT2D eigenvalue weighted by atomic mass is 9.95. The molecular weight excluding hydrogens is 238 g/mol. The second-order valence-electron chi connectivity index (χ2n) is 5.03. The molecule has 0 aliphatic carbocycles. The smallest absolute Gasteiger partial charge is 0.121 e. The Morgan fingerprint density at radius 2 is 2.16 bits per heavy atom. The lowest BCUT2D eigenvalue weighted by molar-refractivity contribution is 0.459. The number of nitrogens with zero attached hydrogens (tertiary/aromatic N) is 2. The van der Waals surface area contributed by atoms with E-state index in [4.69, 9.17) is 5.73 Å². The van der Waals surface area contributed by atoms with Crippen LogP contribution in [0.4, 0.5) is 5.69 Å². The molecule has 2 rings (SSSR count). The first-order valence-electron chi connectivity index (χ1n) is 6.68. The van der Waals surface area contributed by atoms with Crippen molar-refractivity contribution in [3.05, 3.63) is 35.7 Å². The predicted octanol–water partition coefficient (Wildman–Crippen LogP) is 3.37. The topological polar surface area (TPSA) is 64.1 Å². The SMILES string of the molecule is CCCC(C)c1ccc(-n2ncc(N)c2C)cc1O. The molecule has 1 aromatic carbocycles. The Balaban J connectivity index is 2.36. The normalized spacial score (nSPS) is 12.6. The van der Waals surface area contributed by atoms with Crippen molar-refractivity contribution in [3.63, 3.8) is 0 Å². The molecule has 4 heteroatoms. The molecule has 1 heterocycles. The summed E-state index contributed by atoms with van der Waals surface area (Å²) in [6, 6.07) is 5.70. The van der Waals surface area contributed by atoms with Gasteiger partial charge in [0, 0.05) is 6.07 Å². The van der Waals surface area contributed by atoms with E-state index < -0.39 is 0 Å². The molecule has 1 atom stereocenters. The maximum atomic E-state index is 10.2. The standard InChI is InChI=1S/C15H21N3O/c1-4-5-10(2)13-7-6-12(8-15(13)19)18-11(3)14(16)9-17-18/h6-10,19H,4-5,16H2,1-3H3. The van der Waals surface area contributed by atoms with Gasteiger partial charge in [0.2, 0.25) is 0 Å². The molecule has 0 aliphatic rings. The van der Waals surface area contributed by atoms with E-state index in [0.29, 0.717) is 17.4 Å². The third-order valence-corrected chi connectivity index (χ3v) is 3.56. The average molecular weight is 259 g/mol. The minimum atomic E-state index is 0.326. The van der Waals surface area contributed by atoms with Gasteiger partial charge in [-0.2, -0.15) is 5.10 Å². The second-order valence-corrected chi connectivity index (χ2v) is 5.03. The Labute approximate surface area is 113 Å². The molecular formula is C15H21N3O. The van der Waals surface area contributed by atoms with Crippen molar-refractivity contribution in [2.45, 2.75) is 39.5 Å². The highest BCUT2D eigenvalue weighted by molar-refractivity contribution is 5.49. The van der Waals surface area contributed by atoms with Gasteiger partial charge in [-0.3, -0.25) is 0 Å². The van der Waals surface area contributed by atoms with Crippen molar-refractivity contribution >= 4 is 5.69 Å². The number of hydrogen-bond donors (Lipinski definition) is 2. The lowest BCUT2D eigenvalue weighted by Crippen LogP contribution is -2.01. The number of aromatic hydroxyl groups is 1. The van der Waals surface area contributed by atoms with Gasteiger partial charge in [-0.25, -0.2) is 4.68 Å². The van der Waals surface area contributed by atoms with Gasteiger partial charge in [0.05, 0.1) is 23.3 Å². The summed E-state index contributed by atoms with van der Waals surface area (Å²) in [6.45, 7) is 6.19. The third kappa shape index (κ3) is 2.57. The van der Waals surface area contributed by atoms with Crippen LogP contribution in [0, 0.1) is 6.92 Å². The van der Waals surface area contributed by atoms with Crippen LogP contribution < -0.4 is 5.73 Å². The molecule has 102 valence electrons. The highest BCUT2D eigenvalue weighted by Crippen LogP contribution is 2.31. The largest absolute Gasteiger partial charge is 0.508 e. The van der Waals surface area contributed by atoms with Crippen molar-refractivity contribution in [2.24, 2.45) is 0 Å². The first kappa shape index (κ1) is 13.5. The van der Waals surface area contributed by atoms with Crippen molar-refractivity contribution in [1.82, 2.24) is 9.78 Å². The zero-order chi connectivity index (χ0) is 14.0. The zero-order valence-corrected chi connectivity index (χ0v) is 11.7. The molecule has 3 N–H and O–H groups in total. The van der Waals surface area contributed by atoms with Crippen molar-refractivity contribution in [1.29, 1.82) is 0 Å². The maximum absolute atomic E-state index is 10.2. The van der Waals surface area contributed by atoms with E-state index in [9.17, 15) is 5.11 Å². The van der Waals surface area contributed by atoms with Crippen LogP contribution in [0.2, 0.25) is 0 Å². The van der Waals surface area contributed by atoms with E-state index in [0.717, 1.165) is 29.8 Å². The molecule has 0 amide bonds. The highest BCUT2D eigenvalue weighted by Gasteiger charge is 2.12. The van der Waals surface area contributed by atoms with E-state index >= 15 is 0 Å². The van der Waals surface area contributed by atoms with Crippen molar-refractivity contribution in [3.8, 4) is 11.4 Å². The molecule has 0 aliphatic heterocycles. The van der Waals surface area contributed by atoms with Crippen LogP contribution in [0.15, 0.2) is 24.4 Å². The number of nitrogens with two attached hydrogens (primary N) is 1. The number of nitrogen functional groups attached to an aromatic ring is 1. The number of phenols is 1. The highest BCUT2D eigenvalue weighted by atomic mass is 16.3. The number of benzene rings is 1. The summed E-state index contributed by atoms with van der Waals surface area (Å²) >= 11 is 0. The summed E-state index contributed by atoms with van der Waals surface area (Å²) in [5.41, 5.74) is 9.15. The van der Waals surface area contributed by atoms with Crippen molar-refractivity contribution in [2.75, 3.05) is 5.73 Å². The monoisotopic (exact) mass is 259 g/mol. The van der Waals surface area contributed by atoms with E-state index in [-0.39, 0.29) is 0 Å².